The van der Waals surface area contributed by atoms with Gasteiger partial charge in [0.2, 0.25) is 11.8 Å². The first kappa shape index (κ1) is 12.2. The molecule has 2 aromatic rings. The second-order valence-corrected chi connectivity index (χ2v) is 4.66. The molecule has 1 fully saturated rings. The SMILES string of the molecule is CNc1nc(OCC2CCOC2)c2ccccc2n1. The van der Waals surface area contributed by atoms with E-state index in [1.807, 2.05) is 24.3 Å². The van der Waals surface area contributed by atoms with Crippen LogP contribution in [0.3, 0.4) is 0 Å². The van der Waals surface area contributed by atoms with Gasteiger partial charge in [-0.15, -0.1) is 0 Å². The molecular formula is C14H17N3O2. The highest BCUT2D eigenvalue weighted by Gasteiger charge is 2.17. The van der Waals surface area contributed by atoms with Gasteiger partial charge in [0, 0.05) is 19.6 Å². The lowest BCUT2D eigenvalue weighted by Crippen LogP contribution is -2.13. The van der Waals surface area contributed by atoms with E-state index in [0.29, 0.717) is 24.4 Å². The number of hydrogen-bond donors (Lipinski definition) is 1. The summed E-state index contributed by atoms with van der Waals surface area (Å²) in [6.45, 7) is 2.26. The van der Waals surface area contributed by atoms with Crippen LogP contribution in [-0.2, 0) is 4.74 Å². The van der Waals surface area contributed by atoms with Crippen molar-refractivity contribution in [2.75, 3.05) is 32.2 Å². The normalized spacial score (nSPS) is 18.7. The van der Waals surface area contributed by atoms with Crippen molar-refractivity contribution in [2.45, 2.75) is 6.42 Å². The number of nitrogens with one attached hydrogen (secondary N) is 1. The molecular weight excluding hydrogens is 242 g/mol. The van der Waals surface area contributed by atoms with E-state index in [-0.39, 0.29) is 0 Å². The van der Waals surface area contributed by atoms with Crippen LogP contribution in [0.15, 0.2) is 24.3 Å². The van der Waals surface area contributed by atoms with E-state index in [9.17, 15) is 0 Å². The number of ether oxygens (including phenoxy) is 2. The zero-order valence-corrected chi connectivity index (χ0v) is 10.9. The minimum Gasteiger partial charge on any atom is -0.477 e. The quantitative estimate of drug-likeness (QED) is 0.911. The molecule has 5 nitrogen and oxygen atoms in total. The molecule has 1 N–H and O–H groups in total. The monoisotopic (exact) mass is 259 g/mol. The molecule has 0 bridgehead atoms. The third-order valence-corrected chi connectivity index (χ3v) is 3.27. The lowest BCUT2D eigenvalue weighted by Gasteiger charge is -2.12. The highest BCUT2D eigenvalue weighted by molar-refractivity contribution is 5.84. The van der Waals surface area contributed by atoms with Crippen LogP contribution in [-0.4, -0.2) is 36.8 Å². The van der Waals surface area contributed by atoms with Crippen LogP contribution in [0.1, 0.15) is 6.42 Å². The van der Waals surface area contributed by atoms with Crippen molar-refractivity contribution in [3.8, 4) is 5.88 Å². The van der Waals surface area contributed by atoms with Crippen molar-refractivity contribution in [1.29, 1.82) is 0 Å². The van der Waals surface area contributed by atoms with Gasteiger partial charge in [0.1, 0.15) is 0 Å². The molecule has 0 aliphatic carbocycles. The second-order valence-electron chi connectivity index (χ2n) is 4.66. The summed E-state index contributed by atoms with van der Waals surface area (Å²) in [7, 11) is 1.80. The van der Waals surface area contributed by atoms with Crippen LogP contribution in [0.4, 0.5) is 5.95 Å². The fourth-order valence-corrected chi connectivity index (χ4v) is 2.18. The third kappa shape index (κ3) is 2.61. The fourth-order valence-electron chi connectivity index (χ4n) is 2.18. The molecule has 1 aliphatic heterocycles. The van der Waals surface area contributed by atoms with Crippen molar-refractivity contribution in [2.24, 2.45) is 5.92 Å². The Labute approximate surface area is 112 Å². The fraction of sp³-hybridized carbons (Fsp3) is 0.429. The molecule has 1 aromatic heterocycles. The standard InChI is InChI=1S/C14H17N3O2/c1-15-14-16-12-5-3-2-4-11(12)13(17-14)19-9-10-6-7-18-8-10/h2-5,10H,6-9H2,1H3,(H,15,16,17). The van der Waals surface area contributed by atoms with Crippen LogP contribution in [0.5, 0.6) is 5.88 Å². The zero-order valence-electron chi connectivity index (χ0n) is 10.9. The number of fused-ring (bicyclic) bond motifs is 1. The lowest BCUT2D eigenvalue weighted by atomic mass is 10.1. The molecule has 100 valence electrons. The number of nitrogens with zero attached hydrogens (tertiary/aromatic N) is 2. The van der Waals surface area contributed by atoms with Gasteiger partial charge in [-0.05, 0) is 18.6 Å². The molecule has 3 rings (SSSR count). The smallest absolute Gasteiger partial charge is 0.226 e. The van der Waals surface area contributed by atoms with Crippen LogP contribution >= 0.6 is 0 Å². The molecule has 1 aliphatic rings. The van der Waals surface area contributed by atoms with Gasteiger partial charge in [-0.25, -0.2) is 4.98 Å². The molecule has 0 radical (unpaired) electrons. The summed E-state index contributed by atoms with van der Waals surface area (Å²) in [6, 6.07) is 7.87. The van der Waals surface area contributed by atoms with E-state index < -0.39 is 0 Å². The van der Waals surface area contributed by atoms with Gasteiger partial charge in [-0.1, -0.05) is 12.1 Å². The minimum atomic E-state index is 0.465. The lowest BCUT2D eigenvalue weighted by molar-refractivity contribution is 0.166. The van der Waals surface area contributed by atoms with Crippen molar-refractivity contribution >= 4 is 16.9 Å². The van der Waals surface area contributed by atoms with Crippen LogP contribution in [0.25, 0.3) is 10.9 Å². The summed E-state index contributed by atoms with van der Waals surface area (Å²) in [5.74, 6) is 1.69. The molecule has 2 heterocycles. The first-order chi connectivity index (χ1) is 9.36. The average molecular weight is 259 g/mol. The molecule has 1 aromatic carbocycles. The van der Waals surface area contributed by atoms with Crippen molar-refractivity contribution in [3.05, 3.63) is 24.3 Å². The van der Waals surface area contributed by atoms with Gasteiger partial charge in [0.15, 0.2) is 0 Å². The zero-order chi connectivity index (χ0) is 13.1. The van der Waals surface area contributed by atoms with Gasteiger partial charge in [0.05, 0.1) is 24.1 Å². The summed E-state index contributed by atoms with van der Waals surface area (Å²) < 4.78 is 11.2. The highest BCUT2D eigenvalue weighted by Crippen LogP contribution is 2.24. The van der Waals surface area contributed by atoms with Crippen molar-refractivity contribution in [1.82, 2.24) is 9.97 Å². The summed E-state index contributed by atoms with van der Waals surface area (Å²) in [5, 5.41) is 3.91. The third-order valence-electron chi connectivity index (χ3n) is 3.27. The summed E-state index contributed by atoms with van der Waals surface area (Å²) in [6.07, 6.45) is 1.06. The maximum Gasteiger partial charge on any atom is 0.226 e. The van der Waals surface area contributed by atoms with Gasteiger partial charge in [0.25, 0.3) is 0 Å². The number of hydrogen-bond acceptors (Lipinski definition) is 5. The molecule has 5 heteroatoms. The van der Waals surface area contributed by atoms with Crippen LogP contribution < -0.4 is 10.1 Å². The maximum absolute atomic E-state index is 5.87. The van der Waals surface area contributed by atoms with E-state index in [0.717, 1.165) is 30.5 Å². The summed E-state index contributed by atoms with van der Waals surface area (Å²) in [5.41, 5.74) is 0.888. The number of para-hydroxylation sites is 1. The predicted octanol–water partition coefficient (Wildman–Crippen LogP) is 2.09. The Bertz CT molecular complexity index is 568. The summed E-state index contributed by atoms with van der Waals surface area (Å²) >= 11 is 0. The highest BCUT2D eigenvalue weighted by atomic mass is 16.5. The number of rotatable bonds is 4. The molecule has 0 saturated carbocycles. The molecule has 1 unspecified atom stereocenters. The molecule has 1 saturated heterocycles. The largest absolute Gasteiger partial charge is 0.477 e. The van der Waals surface area contributed by atoms with Gasteiger partial charge < -0.3 is 14.8 Å². The van der Waals surface area contributed by atoms with Crippen LogP contribution in [0, 0.1) is 5.92 Å². The van der Waals surface area contributed by atoms with Gasteiger partial charge in [-0.3, -0.25) is 0 Å². The molecule has 0 spiro atoms. The maximum atomic E-state index is 5.87. The van der Waals surface area contributed by atoms with Gasteiger partial charge >= 0.3 is 0 Å². The Hall–Kier alpha value is -1.88. The van der Waals surface area contributed by atoms with E-state index in [4.69, 9.17) is 9.47 Å². The first-order valence-corrected chi connectivity index (χ1v) is 6.52. The molecule has 19 heavy (non-hydrogen) atoms. The first-order valence-electron chi connectivity index (χ1n) is 6.52. The van der Waals surface area contributed by atoms with Crippen LogP contribution in [0.2, 0.25) is 0 Å². The Morgan fingerprint density at radius 3 is 3.05 bits per heavy atom. The van der Waals surface area contributed by atoms with E-state index in [1.54, 1.807) is 7.05 Å². The molecule has 1 atom stereocenters. The predicted molar refractivity (Wildman–Crippen MR) is 73.5 cm³/mol. The Balaban J connectivity index is 1.87. The van der Waals surface area contributed by atoms with Crippen molar-refractivity contribution < 1.29 is 9.47 Å². The summed E-state index contributed by atoms with van der Waals surface area (Å²) in [4.78, 5) is 8.80. The topological polar surface area (TPSA) is 56.3 Å². The number of benzene rings is 1. The number of anilines is 1. The van der Waals surface area contributed by atoms with E-state index in [2.05, 4.69) is 15.3 Å². The minimum absolute atomic E-state index is 0.465. The Morgan fingerprint density at radius 1 is 1.37 bits per heavy atom. The van der Waals surface area contributed by atoms with E-state index >= 15 is 0 Å². The van der Waals surface area contributed by atoms with E-state index in [1.165, 1.54) is 0 Å². The number of aromatic nitrogens is 2. The Morgan fingerprint density at radius 2 is 2.26 bits per heavy atom. The molecule has 0 amide bonds. The van der Waals surface area contributed by atoms with Gasteiger partial charge in [-0.2, -0.15) is 4.98 Å². The second kappa shape index (κ2) is 5.40. The Kier molecular flexibility index (Phi) is 3.46. The average Bonchev–Trinajstić information content (AvgIpc) is 2.97. The van der Waals surface area contributed by atoms with Crippen molar-refractivity contribution in [3.63, 3.8) is 0 Å².